The average molecular weight is 620 g/mol. The number of hydrogen-bond acceptors (Lipinski definition) is 5. The Labute approximate surface area is 247 Å². The lowest BCUT2D eigenvalue weighted by Gasteiger charge is -2.23. The Balaban J connectivity index is 1.55. The normalized spacial score (nSPS) is 11.4. The molecule has 0 fully saturated rings. The molecule has 4 aromatic rings. The fraction of sp³-hybridized carbons (Fsp3) is 0.214. The minimum Gasteiger partial charge on any atom is -0.354 e. The van der Waals surface area contributed by atoms with Gasteiger partial charge in [0.05, 0.1) is 26.3 Å². The topological polar surface area (TPSA) is 93.4 Å². The van der Waals surface area contributed by atoms with E-state index in [0.29, 0.717) is 39.5 Å². The predicted octanol–water partition coefficient (Wildman–Crippen LogP) is 5.04. The summed E-state index contributed by atoms with van der Waals surface area (Å²) in [5.74, 6) is 0.732. The van der Waals surface area contributed by atoms with Crippen LogP contribution in [0.25, 0.3) is 5.69 Å². The molecule has 210 valence electrons. The molecule has 3 aromatic carbocycles. The number of carbonyl (C=O) groups is 1. The number of para-hydroxylation sites is 1. The van der Waals surface area contributed by atoms with E-state index in [1.807, 2.05) is 12.1 Å². The molecule has 4 rings (SSSR count). The zero-order valence-corrected chi connectivity index (χ0v) is 25.0. The number of rotatable bonds is 11. The van der Waals surface area contributed by atoms with Gasteiger partial charge >= 0.3 is 0 Å². The zero-order chi connectivity index (χ0) is 28.9. The SMILES string of the molecule is Cc1c(N(CC(=O)NCCSCc2ccc(Cl)c(Cl)c2)S(=O)(=O)c2ccccc2)c(=O)n(-c2ccccc2)n1C. The first kappa shape index (κ1) is 29.8. The molecule has 0 aliphatic rings. The van der Waals surface area contributed by atoms with Gasteiger partial charge in [0.2, 0.25) is 5.91 Å². The first-order valence-electron chi connectivity index (χ1n) is 12.3. The summed E-state index contributed by atoms with van der Waals surface area (Å²) in [6, 6.07) is 22.1. The smallest absolute Gasteiger partial charge is 0.296 e. The van der Waals surface area contributed by atoms with Gasteiger partial charge < -0.3 is 5.32 Å². The molecule has 0 atom stereocenters. The third-order valence-corrected chi connectivity index (χ3v) is 9.74. The highest BCUT2D eigenvalue weighted by molar-refractivity contribution is 7.98. The van der Waals surface area contributed by atoms with E-state index in [4.69, 9.17) is 23.2 Å². The first-order chi connectivity index (χ1) is 19.1. The highest BCUT2D eigenvalue weighted by Crippen LogP contribution is 2.26. The molecule has 0 aliphatic carbocycles. The number of sulfonamides is 1. The van der Waals surface area contributed by atoms with Crippen LogP contribution in [0.3, 0.4) is 0 Å². The Hall–Kier alpha value is -3.18. The number of thioether (sulfide) groups is 1. The molecule has 0 aliphatic heterocycles. The predicted molar refractivity (Wildman–Crippen MR) is 162 cm³/mol. The monoisotopic (exact) mass is 618 g/mol. The van der Waals surface area contributed by atoms with Crippen LogP contribution in [-0.2, 0) is 27.6 Å². The first-order valence-corrected chi connectivity index (χ1v) is 15.7. The lowest BCUT2D eigenvalue weighted by molar-refractivity contribution is -0.119. The number of amides is 1. The molecule has 8 nitrogen and oxygen atoms in total. The van der Waals surface area contributed by atoms with E-state index in [-0.39, 0.29) is 10.6 Å². The van der Waals surface area contributed by atoms with Crippen LogP contribution in [-0.4, -0.2) is 42.5 Å². The molecule has 12 heteroatoms. The second-order valence-corrected chi connectivity index (χ2v) is 12.7. The number of halogens is 2. The van der Waals surface area contributed by atoms with Crippen molar-refractivity contribution in [1.29, 1.82) is 0 Å². The van der Waals surface area contributed by atoms with Gasteiger partial charge in [-0.1, -0.05) is 65.7 Å². The van der Waals surface area contributed by atoms with Gasteiger partial charge in [-0.2, -0.15) is 11.8 Å². The van der Waals surface area contributed by atoms with E-state index >= 15 is 0 Å². The summed E-state index contributed by atoms with van der Waals surface area (Å²) in [6.45, 7) is 1.41. The van der Waals surface area contributed by atoms with Crippen molar-refractivity contribution in [2.45, 2.75) is 17.6 Å². The van der Waals surface area contributed by atoms with Gasteiger partial charge in [0.25, 0.3) is 15.6 Å². The summed E-state index contributed by atoms with van der Waals surface area (Å²) in [4.78, 5) is 26.7. The van der Waals surface area contributed by atoms with E-state index in [2.05, 4.69) is 5.32 Å². The van der Waals surface area contributed by atoms with Crippen LogP contribution < -0.4 is 15.2 Å². The summed E-state index contributed by atoms with van der Waals surface area (Å²) in [6.07, 6.45) is 0. The number of anilines is 1. The maximum absolute atomic E-state index is 13.8. The summed E-state index contributed by atoms with van der Waals surface area (Å²) < 4.78 is 31.4. The third kappa shape index (κ3) is 6.58. The quantitative estimate of drug-likeness (QED) is 0.238. The van der Waals surface area contributed by atoms with E-state index in [9.17, 15) is 18.0 Å². The average Bonchev–Trinajstić information content (AvgIpc) is 3.17. The molecule has 1 amide bonds. The summed E-state index contributed by atoms with van der Waals surface area (Å²) in [5.41, 5.74) is 1.35. The number of carbonyl (C=O) groups excluding carboxylic acids is 1. The van der Waals surface area contributed by atoms with Crippen LogP contribution in [0, 0.1) is 6.92 Å². The van der Waals surface area contributed by atoms with Crippen molar-refractivity contribution >= 4 is 56.6 Å². The van der Waals surface area contributed by atoms with Gasteiger partial charge in [0.15, 0.2) is 0 Å². The van der Waals surface area contributed by atoms with E-state index < -0.39 is 28.0 Å². The van der Waals surface area contributed by atoms with Crippen molar-refractivity contribution in [2.24, 2.45) is 7.05 Å². The fourth-order valence-electron chi connectivity index (χ4n) is 4.11. The van der Waals surface area contributed by atoms with Crippen molar-refractivity contribution in [3.63, 3.8) is 0 Å². The Morgan fingerprint density at radius 1 is 0.975 bits per heavy atom. The number of nitrogens with zero attached hydrogens (tertiary/aromatic N) is 3. The van der Waals surface area contributed by atoms with Crippen molar-refractivity contribution in [2.75, 3.05) is 23.1 Å². The van der Waals surface area contributed by atoms with E-state index in [1.54, 1.807) is 85.0 Å². The van der Waals surface area contributed by atoms with E-state index in [1.165, 1.54) is 16.8 Å². The van der Waals surface area contributed by atoms with Crippen LogP contribution >= 0.6 is 35.0 Å². The van der Waals surface area contributed by atoms with E-state index in [0.717, 1.165) is 9.87 Å². The molecule has 1 aromatic heterocycles. The van der Waals surface area contributed by atoms with Crippen molar-refractivity contribution in [3.8, 4) is 5.69 Å². The molecular formula is C28H28Cl2N4O4S2. The molecule has 0 bridgehead atoms. The molecule has 40 heavy (non-hydrogen) atoms. The molecule has 0 spiro atoms. The van der Waals surface area contributed by atoms with Crippen LogP contribution in [0.15, 0.2) is 88.6 Å². The molecule has 0 unspecified atom stereocenters. The van der Waals surface area contributed by atoms with Crippen molar-refractivity contribution in [1.82, 2.24) is 14.7 Å². The molecule has 0 saturated carbocycles. The van der Waals surface area contributed by atoms with Gasteiger partial charge in [-0.3, -0.25) is 14.3 Å². The van der Waals surface area contributed by atoms with Gasteiger partial charge in [0.1, 0.15) is 12.2 Å². The van der Waals surface area contributed by atoms with Crippen molar-refractivity contribution in [3.05, 3.63) is 111 Å². The number of hydrogen-bond donors (Lipinski definition) is 1. The van der Waals surface area contributed by atoms with Gasteiger partial charge in [-0.25, -0.2) is 17.4 Å². The Morgan fingerprint density at radius 3 is 2.27 bits per heavy atom. The van der Waals surface area contributed by atoms with Gasteiger partial charge in [0, 0.05) is 25.1 Å². The van der Waals surface area contributed by atoms with Crippen LogP contribution in [0.1, 0.15) is 11.3 Å². The van der Waals surface area contributed by atoms with Gasteiger partial charge in [-0.05, 0) is 48.9 Å². The van der Waals surface area contributed by atoms with Crippen LogP contribution in [0.4, 0.5) is 5.69 Å². The van der Waals surface area contributed by atoms with Gasteiger partial charge in [-0.15, -0.1) is 0 Å². The highest BCUT2D eigenvalue weighted by atomic mass is 35.5. The second kappa shape index (κ2) is 13.0. The van der Waals surface area contributed by atoms with Crippen LogP contribution in [0.5, 0.6) is 0 Å². The number of nitrogens with one attached hydrogen (secondary N) is 1. The highest BCUT2D eigenvalue weighted by Gasteiger charge is 2.33. The number of aromatic nitrogens is 2. The molecule has 1 N–H and O–H groups in total. The minimum atomic E-state index is -4.24. The lowest BCUT2D eigenvalue weighted by Crippen LogP contribution is -2.43. The fourth-order valence-corrected chi connectivity index (χ4v) is 6.73. The second-order valence-electron chi connectivity index (χ2n) is 8.89. The third-order valence-electron chi connectivity index (χ3n) is 6.21. The standard InChI is InChI=1S/C28H28Cl2N4O4S2/c1-20-27(28(36)34(32(20)2)22-9-5-3-6-10-22)33(40(37,38)23-11-7-4-8-12-23)18-26(35)31-15-16-39-19-21-13-14-24(29)25(30)17-21/h3-14,17H,15-16,18-19H2,1-2H3,(H,31,35). The molecule has 1 heterocycles. The maximum Gasteiger partial charge on any atom is 0.296 e. The Bertz CT molecular complexity index is 1660. The summed E-state index contributed by atoms with van der Waals surface area (Å²) >= 11 is 13.6. The van der Waals surface area contributed by atoms with Crippen LogP contribution in [0.2, 0.25) is 10.0 Å². The molecule has 0 saturated heterocycles. The molecular weight excluding hydrogens is 591 g/mol. The number of benzene rings is 3. The largest absolute Gasteiger partial charge is 0.354 e. The Kier molecular flexibility index (Phi) is 9.68. The maximum atomic E-state index is 13.8. The molecule has 0 radical (unpaired) electrons. The minimum absolute atomic E-state index is 0.0195. The lowest BCUT2D eigenvalue weighted by atomic mass is 10.2. The van der Waals surface area contributed by atoms with Crippen molar-refractivity contribution < 1.29 is 13.2 Å². The Morgan fingerprint density at radius 2 is 1.62 bits per heavy atom. The summed E-state index contributed by atoms with van der Waals surface area (Å²) in [7, 11) is -2.57. The summed E-state index contributed by atoms with van der Waals surface area (Å²) in [5, 5.41) is 3.75. The zero-order valence-electron chi connectivity index (χ0n) is 21.9.